The van der Waals surface area contributed by atoms with Gasteiger partial charge < -0.3 is 10.6 Å². The number of rotatable bonds is 8. The molecule has 0 saturated carbocycles. The molecule has 0 aliphatic rings. The van der Waals surface area contributed by atoms with Gasteiger partial charge in [0.25, 0.3) is 0 Å². The lowest BCUT2D eigenvalue weighted by molar-refractivity contribution is 0.685. The molecule has 0 fully saturated rings. The average molecular weight is 425 g/mol. The first-order valence-corrected chi connectivity index (χ1v) is 10.9. The molecule has 2 N–H and O–H groups in total. The fraction of sp³-hybridized carbons (Fsp3) is 0.192. The Morgan fingerprint density at radius 2 is 1.66 bits per heavy atom. The molecule has 0 aliphatic carbocycles. The van der Waals surface area contributed by atoms with Crippen LogP contribution in [0.2, 0.25) is 0 Å². The van der Waals surface area contributed by atoms with Crippen molar-refractivity contribution in [1.29, 1.82) is 0 Å². The van der Waals surface area contributed by atoms with E-state index in [0.29, 0.717) is 19.6 Å². The van der Waals surface area contributed by atoms with E-state index in [-0.39, 0.29) is 0 Å². The van der Waals surface area contributed by atoms with E-state index in [2.05, 4.69) is 88.3 Å². The van der Waals surface area contributed by atoms with Crippen molar-refractivity contribution in [3.05, 3.63) is 108 Å². The molecule has 0 spiro atoms. The van der Waals surface area contributed by atoms with E-state index < -0.39 is 0 Å². The summed E-state index contributed by atoms with van der Waals surface area (Å²) >= 11 is 0. The summed E-state index contributed by atoms with van der Waals surface area (Å²) in [5, 5.41) is 11.0. The Labute approximate surface area is 189 Å². The highest BCUT2D eigenvalue weighted by Gasteiger charge is 2.07. The zero-order chi connectivity index (χ0) is 22.0. The molecule has 6 heteroatoms. The monoisotopic (exact) mass is 424 g/mol. The number of benzene rings is 3. The molecular weight excluding hydrogens is 396 g/mol. The highest BCUT2D eigenvalue weighted by atomic mass is 15.3. The van der Waals surface area contributed by atoms with Crippen LogP contribution >= 0.6 is 0 Å². The van der Waals surface area contributed by atoms with E-state index in [4.69, 9.17) is 4.99 Å². The minimum atomic E-state index is 0.644. The molecule has 32 heavy (non-hydrogen) atoms. The third-order valence-electron chi connectivity index (χ3n) is 5.15. The van der Waals surface area contributed by atoms with Crippen LogP contribution in [0.1, 0.15) is 23.6 Å². The van der Waals surface area contributed by atoms with Gasteiger partial charge in [-0.25, -0.2) is 14.7 Å². The van der Waals surface area contributed by atoms with Crippen LogP contribution in [0.5, 0.6) is 0 Å². The molecule has 0 radical (unpaired) electrons. The number of hydrogen-bond acceptors (Lipinski definition) is 3. The second-order valence-corrected chi connectivity index (χ2v) is 7.48. The van der Waals surface area contributed by atoms with Crippen molar-refractivity contribution in [3.8, 4) is 11.1 Å². The van der Waals surface area contributed by atoms with Gasteiger partial charge in [-0.2, -0.15) is 5.10 Å². The van der Waals surface area contributed by atoms with Gasteiger partial charge in [-0.1, -0.05) is 78.9 Å². The van der Waals surface area contributed by atoms with Gasteiger partial charge in [0.1, 0.15) is 12.7 Å². The van der Waals surface area contributed by atoms with E-state index >= 15 is 0 Å². The first-order chi connectivity index (χ1) is 15.8. The quantitative estimate of drug-likeness (QED) is 0.328. The molecular formula is C26H28N6. The number of nitrogens with zero attached hydrogens (tertiary/aromatic N) is 4. The standard InChI is InChI=1S/C26H28N6/c1-2-28-26(29-16-21-8-4-3-5-9-21)30-17-24-10-6-7-11-25(24)23-14-12-22(13-15-23)18-32-20-27-19-31-32/h3-15,19-20H,2,16-18H2,1H3,(H2,28,29,30). The van der Waals surface area contributed by atoms with Crippen LogP contribution in [0.4, 0.5) is 0 Å². The third kappa shape index (κ3) is 5.82. The second kappa shape index (κ2) is 10.9. The normalized spacial score (nSPS) is 11.3. The maximum absolute atomic E-state index is 4.73. The number of aliphatic imine (C=N–C) groups is 1. The Hall–Kier alpha value is -3.93. The van der Waals surface area contributed by atoms with Crippen LogP contribution in [0.3, 0.4) is 0 Å². The molecule has 0 atom stereocenters. The number of aromatic nitrogens is 3. The Morgan fingerprint density at radius 3 is 2.41 bits per heavy atom. The van der Waals surface area contributed by atoms with Gasteiger partial charge in [0, 0.05) is 13.1 Å². The van der Waals surface area contributed by atoms with Crippen molar-refractivity contribution < 1.29 is 0 Å². The van der Waals surface area contributed by atoms with E-state index in [1.54, 1.807) is 12.7 Å². The molecule has 4 aromatic rings. The van der Waals surface area contributed by atoms with Gasteiger partial charge in [-0.3, -0.25) is 0 Å². The van der Waals surface area contributed by atoms with Crippen molar-refractivity contribution in [2.75, 3.05) is 6.54 Å². The first kappa shape index (κ1) is 21.3. The molecule has 0 saturated heterocycles. The zero-order valence-corrected chi connectivity index (χ0v) is 18.3. The smallest absolute Gasteiger partial charge is 0.191 e. The summed E-state index contributed by atoms with van der Waals surface area (Å²) in [6.45, 7) is 4.94. The number of hydrogen-bond donors (Lipinski definition) is 2. The predicted molar refractivity (Wildman–Crippen MR) is 129 cm³/mol. The summed E-state index contributed by atoms with van der Waals surface area (Å²) in [4.78, 5) is 8.73. The molecule has 0 unspecified atom stereocenters. The van der Waals surface area contributed by atoms with Gasteiger partial charge in [0.2, 0.25) is 0 Å². The van der Waals surface area contributed by atoms with Crippen molar-refractivity contribution in [2.45, 2.75) is 26.6 Å². The predicted octanol–water partition coefficient (Wildman–Crippen LogP) is 4.25. The molecule has 1 heterocycles. The lowest BCUT2D eigenvalue weighted by Gasteiger charge is -2.14. The summed E-state index contributed by atoms with van der Waals surface area (Å²) < 4.78 is 1.82. The highest BCUT2D eigenvalue weighted by Crippen LogP contribution is 2.24. The molecule has 162 valence electrons. The van der Waals surface area contributed by atoms with E-state index in [0.717, 1.165) is 12.5 Å². The van der Waals surface area contributed by atoms with Crippen molar-refractivity contribution >= 4 is 5.96 Å². The molecule has 0 aliphatic heterocycles. The lowest BCUT2D eigenvalue weighted by atomic mass is 9.98. The number of nitrogens with one attached hydrogen (secondary N) is 2. The maximum Gasteiger partial charge on any atom is 0.191 e. The van der Waals surface area contributed by atoms with Crippen LogP contribution in [0, 0.1) is 0 Å². The Bertz CT molecular complexity index is 1120. The zero-order valence-electron chi connectivity index (χ0n) is 18.3. The third-order valence-corrected chi connectivity index (χ3v) is 5.15. The first-order valence-electron chi connectivity index (χ1n) is 10.9. The van der Waals surface area contributed by atoms with Crippen molar-refractivity contribution in [3.63, 3.8) is 0 Å². The van der Waals surface area contributed by atoms with Gasteiger partial charge in [0.05, 0.1) is 13.1 Å². The van der Waals surface area contributed by atoms with Gasteiger partial charge in [0.15, 0.2) is 5.96 Å². The van der Waals surface area contributed by atoms with Gasteiger partial charge >= 0.3 is 0 Å². The summed E-state index contributed by atoms with van der Waals surface area (Å²) in [5.41, 5.74) is 6.01. The SMILES string of the molecule is CCNC(=NCc1ccccc1)NCc1ccccc1-c1ccc(Cn2cncn2)cc1. The van der Waals surface area contributed by atoms with E-state index in [9.17, 15) is 0 Å². The Kier molecular flexibility index (Phi) is 7.26. The fourth-order valence-corrected chi connectivity index (χ4v) is 3.52. The van der Waals surface area contributed by atoms with Crippen LogP contribution < -0.4 is 10.6 Å². The molecule has 1 aromatic heterocycles. The van der Waals surface area contributed by atoms with Gasteiger partial charge in [-0.05, 0) is 34.7 Å². The Balaban J connectivity index is 1.45. The summed E-state index contributed by atoms with van der Waals surface area (Å²) in [6.07, 6.45) is 3.29. The molecule has 0 bridgehead atoms. The van der Waals surface area contributed by atoms with Crippen LogP contribution in [0.15, 0.2) is 96.5 Å². The molecule has 4 rings (SSSR count). The van der Waals surface area contributed by atoms with Crippen molar-refractivity contribution in [1.82, 2.24) is 25.4 Å². The number of guanidine groups is 1. The topological polar surface area (TPSA) is 67.1 Å². The molecule has 3 aromatic carbocycles. The van der Waals surface area contributed by atoms with E-state index in [1.165, 1.54) is 27.8 Å². The largest absolute Gasteiger partial charge is 0.357 e. The van der Waals surface area contributed by atoms with Crippen molar-refractivity contribution in [2.24, 2.45) is 4.99 Å². The average Bonchev–Trinajstić information content (AvgIpc) is 3.35. The molecule has 6 nitrogen and oxygen atoms in total. The fourth-order valence-electron chi connectivity index (χ4n) is 3.52. The second-order valence-electron chi connectivity index (χ2n) is 7.48. The highest BCUT2D eigenvalue weighted by molar-refractivity contribution is 5.80. The van der Waals surface area contributed by atoms with Crippen LogP contribution in [0.25, 0.3) is 11.1 Å². The van der Waals surface area contributed by atoms with Crippen LogP contribution in [-0.2, 0) is 19.6 Å². The molecule has 0 amide bonds. The van der Waals surface area contributed by atoms with Crippen LogP contribution in [-0.4, -0.2) is 27.3 Å². The Morgan fingerprint density at radius 1 is 0.875 bits per heavy atom. The maximum atomic E-state index is 4.73. The van der Waals surface area contributed by atoms with E-state index in [1.807, 2.05) is 22.9 Å². The minimum Gasteiger partial charge on any atom is -0.357 e. The summed E-state index contributed by atoms with van der Waals surface area (Å²) in [7, 11) is 0. The lowest BCUT2D eigenvalue weighted by Crippen LogP contribution is -2.36. The van der Waals surface area contributed by atoms with Gasteiger partial charge in [-0.15, -0.1) is 0 Å². The minimum absolute atomic E-state index is 0.644. The summed E-state index contributed by atoms with van der Waals surface area (Å²) in [5.74, 6) is 0.814. The summed E-state index contributed by atoms with van der Waals surface area (Å²) in [6, 6.07) is 27.4.